The van der Waals surface area contributed by atoms with Gasteiger partial charge in [0.15, 0.2) is 0 Å². The van der Waals surface area contributed by atoms with Crippen LogP contribution >= 0.6 is 11.6 Å². The molecule has 0 saturated carbocycles. The summed E-state index contributed by atoms with van der Waals surface area (Å²) < 4.78 is 0. The van der Waals surface area contributed by atoms with Crippen molar-refractivity contribution in [3.63, 3.8) is 0 Å². The van der Waals surface area contributed by atoms with E-state index < -0.39 is 5.41 Å². The minimum Gasteiger partial charge on any atom is -0.355 e. The van der Waals surface area contributed by atoms with E-state index in [1.54, 1.807) is 0 Å². The van der Waals surface area contributed by atoms with E-state index >= 15 is 0 Å². The molecule has 0 bridgehead atoms. The van der Waals surface area contributed by atoms with Crippen LogP contribution in [0.5, 0.6) is 0 Å². The first-order valence-electron chi connectivity index (χ1n) is 7.35. The van der Waals surface area contributed by atoms with Crippen molar-refractivity contribution in [2.45, 2.75) is 44.9 Å². The molecule has 20 heavy (non-hydrogen) atoms. The highest BCUT2D eigenvalue weighted by atomic mass is 35.5. The van der Waals surface area contributed by atoms with E-state index in [1.165, 1.54) is 0 Å². The van der Waals surface area contributed by atoms with E-state index in [9.17, 15) is 4.79 Å². The second-order valence-electron chi connectivity index (χ2n) is 5.05. The van der Waals surface area contributed by atoms with Crippen molar-refractivity contribution in [1.82, 2.24) is 5.32 Å². The number of carbonyl (C=O) groups excluding carboxylic acids is 1. The van der Waals surface area contributed by atoms with Gasteiger partial charge in [-0.1, -0.05) is 37.6 Å². The molecule has 0 heterocycles. The van der Waals surface area contributed by atoms with Crippen LogP contribution in [0.3, 0.4) is 0 Å². The average Bonchev–Trinajstić information content (AvgIpc) is 2.47. The van der Waals surface area contributed by atoms with Crippen molar-refractivity contribution in [3.05, 3.63) is 34.9 Å². The third-order valence-corrected chi connectivity index (χ3v) is 4.21. The molecule has 0 radical (unpaired) electrons. The van der Waals surface area contributed by atoms with Crippen LogP contribution in [0, 0.1) is 0 Å². The van der Waals surface area contributed by atoms with Crippen LogP contribution in [0.15, 0.2) is 24.3 Å². The van der Waals surface area contributed by atoms with Gasteiger partial charge in [-0.3, -0.25) is 4.79 Å². The molecule has 0 aliphatic carbocycles. The Morgan fingerprint density at radius 3 is 2.30 bits per heavy atom. The van der Waals surface area contributed by atoms with Gasteiger partial charge in [-0.2, -0.15) is 0 Å². The number of unbranched alkanes of at least 4 members (excludes halogenated alkanes) is 1. The Morgan fingerprint density at radius 2 is 1.80 bits per heavy atom. The Kier molecular flexibility index (Phi) is 7.03. The van der Waals surface area contributed by atoms with Crippen molar-refractivity contribution >= 4 is 17.5 Å². The summed E-state index contributed by atoms with van der Waals surface area (Å²) in [5.74, 6) is 0.0989. The molecule has 4 heteroatoms. The summed E-state index contributed by atoms with van der Waals surface area (Å²) in [6, 6.07) is 7.60. The first kappa shape index (κ1) is 17.0. The number of hydrogen-bond donors (Lipinski definition) is 2. The first-order chi connectivity index (χ1) is 9.60. The maximum atomic E-state index is 12.6. The smallest absolute Gasteiger partial charge is 0.230 e. The zero-order chi connectivity index (χ0) is 15.0. The van der Waals surface area contributed by atoms with E-state index in [4.69, 9.17) is 17.3 Å². The predicted molar refractivity (Wildman–Crippen MR) is 85.0 cm³/mol. The molecule has 1 rings (SSSR count). The molecule has 112 valence electrons. The zero-order valence-electron chi connectivity index (χ0n) is 12.4. The summed E-state index contributed by atoms with van der Waals surface area (Å²) in [7, 11) is 0. The fourth-order valence-corrected chi connectivity index (χ4v) is 2.65. The maximum absolute atomic E-state index is 12.6. The molecule has 1 aromatic carbocycles. The summed E-state index contributed by atoms with van der Waals surface area (Å²) in [5.41, 5.74) is 6.03. The summed E-state index contributed by atoms with van der Waals surface area (Å²) in [6.45, 7) is 5.46. The van der Waals surface area contributed by atoms with Gasteiger partial charge in [0.25, 0.3) is 0 Å². The van der Waals surface area contributed by atoms with Crippen LogP contribution in [-0.2, 0) is 10.2 Å². The van der Waals surface area contributed by atoms with Gasteiger partial charge >= 0.3 is 0 Å². The van der Waals surface area contributed by atoms with Crippen LogP contribution in [0.25, 0.3) is 0 Å². The molecule has 0 unspecified atom stereocenters. The molecule has 0 spiro atoms. The molecule has 3 nitrogen and oxygen atoms in total. The van der Waals surface area contributed by atoms with Gasteiger partial charge in [0.2, 0.25) is 5.91 Å². The summed E-state index contributed by atoms with van der Waals surface area (Å²) in [5, 5.41) is 3.74. The van der Waals surface area contributed by atoms with Gasteiger partial charge in [-0.15, -0.1) is 0 Å². The summed E-state index contributed by atoms with van der Waals surface area (Å²) >= 11 is 5.93. The number of halogens is 1. The van der Waals surface area contributed by atoms with Crippen molar-refractivity contribution in [2.24, 2.45) is 5.73 Å². The van der Waals surface area contributed by atoms with Crippen molar-refractivity contribution in [1.29, 1.82) is 0 Å². The molecule has 0 fully saturated rings. The van der Waals surface area contributed by atoms with Crippen LogP contribution in [0.4, 0.5) is 0 Å². The van der Waals surface area contributed by atoms with Crippen molar-refractivity contribution in [3.8, 4) is 0 Å². The Balaban J connectivity index is 2.85. The molecule has 0 saturated heterocycles. The van der Waals surface area contributed by atoms with Gasteiger partial charge in [-0.05, 0) is 49.9 Å². The third-order valence-electron chi connectivity index (χ3n) is 3.96. The number of rotatable bonds is 8. The SMILES string of the molecule is CCC(CC)(C(=O)NCCCCN)c1ccc(Cl)cc1. The second-order valence-corrected chi connectivity index (χ2v) is 5.48. The van der Waals surface area contributed by atoms with Gasteiger partial charge in [0.05, 0.1) is 5.41 Å². The van der Waals surface area contributed by atoms with Crippen LogP contribution in [0.1, 0.15) is 45.1 Å². The monoisotopic (exact) mass is 296 g/mol. The minimum atomic E-state index is -0.465. The number of nitrogens with one attached hydrogen (secondary N) is 1. The zero-order valence-corrected chi connectivity index (χ0v) is 13.2. The number of carbonyl (C=O) groups is 1. The van der Waals surface area contributed by atoms with Crippen molar-refractivity contribution in [2.75, 3.05) is 13.1 Å². The highest BCUT2D eigenvalue weighted by Gasteiger charge is 2.36. The van der Waals surface area contributed by atoms with Gasteiger partial charge in [-0.25, -0.2) is 0 Å². The molecule has 0 aliphatic heterocycles. The predicted octanol–water partition coefficient (Wildman–Crippen LogP) is 3.25. The van der Waals surface area contributed by atoms with E-state index in [1.807, 2.05) is 24.3 Å². The molecule has 0 atom stereocenters. The lowest BCUT2D eigenvalue weighted by Crippen LogP contribution is -2.44. The molecular formula is C16H25ClN2O. The largest absolute Gasteiger partial charge is 0.355 e. The quantitative estimate of drug-likeness (QED) is 0.724. The minimum absolute atomic E-state index is 0.0989. The Labute approximate surface area is 126 Å². The third kappa shape index (κ3) is 3.97. The molecule has 1 amide bonds. The molecule has 0 aromatic heterocycles. The Morgan fingerprint density at radius 1 is 1.20 bits per heavy atom. The van der Waals surface area contributed by atoms with Gasteiger partial charge < -0.3 is 11.1 Å². The highest BCUT2D eigenvalue weighted by Crippen LogP contribution is 2.32. The van der Waals surface area contributed by atoms with Crippen LogP contribution in [-0.4, -0.2) is 19.0 Å². The number of hydrogen-bond acceptors (Lipinski definition) is 2. The maximum Gasteiger partial charge on any atom is 0.230 e. The van der Waals surface area contributed by atoms with Crippen LogP contribution < -0.4 is 11.1 Å². The van der Waals surface area contributed by atoms with Gasteiger partial charge in [0.1, 0.15) is 0 Å². The van der Waals surface area contributed by atoms with Gasteiger partial charge in [0, 0.05) is 11.6 Å². The summed E-state index contributed by atoms with van der Waals surface area (Å²) in [4.78, 5) is 12.6. The lowest BCUT2D eigenvalue weighted by atomic mass is 9.75. The molecule has 3 N–H and O–H groups in total. The summed E-state index contributed by atoms with van der Waals surface area (Å²) in [6.07, 6.45) is 3.40. The second kappa shape index (κ2) is 8.28. The average molecular weight is 297 g/mol. The first-order valence-corrected chi connectivity index (χ1v) is 7.73. The van der Waals surface area contributed by atoms with E-state index in [-0.39, 0.29) is 5.91 Å². The lowest BCUT2D eigenvalue weighted by molar-refractivity contribution is -0.127. The topological polar surface area (TPSA) is 55.1 Å². The Hall–Kier alpha value is -1.06. The standard InChI is InChI=1S/C16H25ClN2O/c1-3-16(4-2,13-7-9-14(17)10-8-13)15(20)19-12-6-5-11-18/h7-10H,3-6,11-12,18H2,1-2H3,(H,19,20). The van der Waals surface area contributed by atoms with E-state index in [0.717, 1.165) is 31.2 Å². The molecular weight excluding hydrogens is 272 g/mol. The highest BCUT2D eigenvalue weighted by molar-refractivity contribution is 6.30. The number of amides is 1. The molecule has 0 aliphatic rings. The van der Waals surface area contributed by atoms with Crippen LogP contribution in [0.2, 0.25) is 5.02 Å². The molecule has 1 aromatic rings. The Bertz CT molecular complexity index is 413. The van der Waals surface area contributed by atoms with Crippen molar-refractivity contribution < 1.29 is 4.79 Å². The fourth-order valence-electron chi connectivity index (χ4n) is 2.52. The number of nitrogens with two attached hydrogens (primary N) is 1. The van der Waals surface area contributed by atoms with E-state index in [0.29, 0.717) is 18.1 Å². The number of benzene rings is 1. The lowest BCUT2D eigenvalue weighted by Gasteiger charge is -2.31. The normalized spacial score (nSPS) is 11.4. The fraction of sp³-hybridized carbons (Fsp3) is 0.562. The van der Waals surface area contributed by atoms with E-state index in [2.05, 4.69) is 19.2 Å².